The number of benzene rings is 2. The maximum Gasteiger partial charge on any atom is 0.261 e. The van der Waals surface area contributed by atoms with E-state index in [9.17, 15) is 9.59 Å². The van der Waals surface area contributed by atoms with E-state index in [1.807, 2.05) is 32.3 Å². The number of hydrogen-bond donors (Lipinski definition) is 0. The normalized spacial score (nSPS) is 14.3. The van der Waals surface area contributed by atoms with Crippen LogP contribution in [0.4, 0.5) is 0 Å². The first-order chi connectivity index (χ1) is 15.5. The van der Waals surface area contributed by atoms with Gasteiger partial charge in [0.25, 0.3) is 11.8 Å². The molecule has 0 saturated heterocycles. The van der Waals surface area contributed by atoms with Gasteiger partial charge in [-0.2, -0.15) is 0 Å². The smallest absolute Gasteiger partial charge is 0.261 e. The quantitative estimate of drug-likeness (QED) is 0.366. The first-order valence-electron chi connectivity index (χ1n) is 10.7. The van der Waals surface area contributed by atoms with Gasteiger partial charge >= 0.3 is 0 Å². The van der Waals surface area contributed by atoms with Crippen molar-refractivity contribution in [1.82, 2.24) is 24.6 Å². The van der Waals surface area contributed by atoms with Gasteiger partial charge in [0, 0.05) is 12.3 Å². The number of thioether (sulfide) groups is 1. The molecule has 0 bridgehead atoms. The average Bonchev–Trinajstić information content (AvgIpc) is 3.29. The lowest BCUT2D eigenvalue weighted by Gasteiger charge is -2.23. The van der Waals surface area contributed by atoms with Gasteiger partial charge in [-0.3, -0.25) is 19.4 Å². The van der Waals surface area contributed by atoms with Crippen LogP contribution in [-0.2, 0) is 6.54 Å². The zero-order valence-electron chi connectivity index (χ0n) is 18.6. The molecular weight excluding hydrogens is 422 g/mol. The fraction of sp³-hybridized carbons (Fsp3) is 0.333. The number of carbonyl (C=O) groups excluding carboxylic acids is 2. The van der Waals surface area contributed by atoms with E-state index in [4.69, 9.17) is 0 Å². The van der Waals surface area contributed by atoms with Crippen molar-refractivity contribution in [3.05, 3.63) is 77.1 Å². The Hall–Kier alpha value is -2.97. The van der Waals surface area contributed by atoms with Crippen molar-refractivity contribution in [2.75, 3.05) is 26.4 Å². The van der Waals surface area contributed by atoms with E-state index in [2.05, 4.69) is 38.7 Å². The maximum atomic E-state index is 12.6. The molecule has 2 heterocycles. The van der Waals surface area contributed by atoms with Crippen LogP contribution in [0.5, 0.6) is 0 Å². The van der Waals surface area contributed by atoms with Crippen molar-refractivity contribution < 1.29 is 9.59 Å². The van der Waals surface area contributed by atoms with Crippen LogP contribution < -0.4 is 0 Å². The molecular formula is C24H27N5O2S. The Morgan fingerprint density at radius 1 is 0.938 bits per heavy atom. The third-order valence-corrected chi connectivity index (χ3v) is 6.61. The van der Waals surface area contributed by atoms with Crippen LogP contribution in [0.3, 0.4) is 0 Å². The molecule has 2 amide bonds. The zero-order valence-corrected chi connectivity index (χ0v) is 19.4. The van der Waals surface area contributed by atoms with Crippen molar-refractivity contribution in [1.29, 1.82) is 0 Å². The predicted octanol–water partition coefficient (Wildman–Crippen LogP) is 3.73. The molecule has 8 heteroatoms. The summed E-state index contributed by atoms with van der Waals surface area (Å²) in [5, 5.41) is 9.78. The van der Waals surface area contributed by atoms with E-state index in [0.29, 0.717) is 30.0 Å². The van der Waals surface area contributed by atoms with Crippen LogP contribution in [0.2, 0.25) is 0 Å². The molecule has 0 fully saturated rings. The van der Waals surface area contributed by atoms with Crippen LogP contribution in [0, 0.1) is 0 Å². The molecule has 0 unspecified atom stereocenters. The zero-order chi connectivity index (χ0) is 22.7. The summed E-state index contributed by atoms with van der Waals surface area (Å²) in [6, 6.07) is 17.4. The number of imide groups is 1. The number of aromatic nitrogens is 3. The minimum absolute atomic E-state index is 0.150. The van der Waals surface area contributed by atoms with Gasteiger partial charge < -0.3 is 4.57 Å². The summed E-state index contributed by atoms with van der Waals surface area (Å²) in [4.78, 5) is 28.7. The number of nitrogens with zero attached hydrogens (tertiary/aromatic N) is 5. The Morgan fingerprint density at radius 3 is 2.16 bits per heavy atom. The van der Waals surface area contributed by atoms with Gasteiger partial charge in [-0.1, -0.05) is 61.2 Å². The van der Waals surface area contributed by atoms with Crippen molar-refractivity contribution in [3.63, 3.8) is 0 Å². The van der Waals surface area contributed by atoms with Crippen LogP contribution in [0.15, 0.2) is 59.8 Å². The molecule has 4 rings (SSSR count). The first kappa shape index (κ1) is 22.2. The van der Waals surface area contributed by atoms with Crippen LogP contribution in [0.25, 0.3) is 0 Å². The van der Waals surface area contributed by atoms with Crippen LogP contribution >= 0.6 is 11.8 Å². The Balaban J connectivity index is 1.52. The first-order valence-corrected chi connectivity index (χ1v) is 11.7. The molecule has 0 aliphatic carbocycles. The Labute approximate surface area is 192 Å². The fourth-order valence-corrected chi connectivity index (χ4v) is 4.89. The molecule has 0 spiro atoms. The number of carbonyl (C=O) groups is 2. The molecule has 7 nitrogen and oxygen atoms in total. The van der Waals surface area contributed by atoms with Gasteiger partial charge in [-0.05, 0) is 38.2 Å². The third-order valence-electron chi connectivity index (χ3n) is 5.66. The Bertz CT molecular complexity index is 1080. The molecule has 1 atom stereocenters. The van der Waals surface area contributed by atoms with E-state index in [-0.39, 0.29) is 17.9 Å². The van der Waals surface area contributed by atoms with Crippen molar-refractivity contribution in [3.8, 4) is 0 Å². The van der Waals surface area contributed by atoms with Crippen LogP contribution in [-0.4, -0.2) is 62.8 Å². The Kier molecular flexibility index (Phi) is 6.72. The summed E-state index contributed by atoms with van der Waals surface area (Å²) in [7, 11) is 4.09. The highest BCUT2D eigenvalue weighted by atomic mass is 32.2. The lowest BCUT2D eigenvalue weighted by Crippen LogP contribution is -2.31. The minimum Gasteiger partial charge on any atom is -0.300 e. The summed E-state index contributed by atoms with van der Waals surface area (Å²) < 4.78 is 2.15. The summed E-state index contributed by atoms with van der Waals surface area (Å²) in [5.74, 6) is 1.02. The lowest BCUT2D eigenvalue weighted by atomic mass is 10.1. The van der Waals surface area contributed by atoms with Crippen molar-refractivity contribution in [2.45, 2.75) is 31.1 Å². The van der Waals surface area contributed by atoms with E-state index >= 15 is 0 Å². The second-order valence-electron chi connectivity index (χ2n) is 7.96. The Morgan fingerprint density at radius 2 is 1.56 bits per heavy atom. The summed E-state index contributed by atoms with van der Waals surface area (Å²) in [6.07, 6.45) is 0.916. The SMILES string of the molecule is CC[C@H](c1nnc(SCCN2C(=O)c3ccccc3C2=O)n1Cc1ccccc1)N(C)C. The largest absolute Gasteiger partial charge is 0.300 e. The molecule has 0 radical (unpaired) electrons. The minimum atomic E-state index is -0.226. The summed E-state index contributed by atoms with van der Waals surface area (Å²) in [5.41, 5.74) is 2.13. The van der Waals surface area contributed by atoms with E-state index in [1.54, 1.807) is 24.3 Å². The summed E-state index contributed by atoms with van der Waals surface area (Å²) in [6.45, 7) is 3.14. The molecule has 1 aliphatic heterocycles. The molecule has 1 aliphatic rings. The van der Waals surface area contributed by atoms with E-state index < -0.39 is 0 Å². The molecule has 0 saturated carbocycles. The van der Waals surface area contributed by atoms with Crippen LogP contribution in [0.1, 0.15) is 51.5 Å². The van der Waals surface area contributed by atoms with Crippen molar-refractivity contribution >= 4 is 23.6 Å². The molecule has 166 valence electrons. The molecule has 3 aromatic rings. The van der Waals surface area contributed by atoms with Gasteiger partial charge in [0.05, 0.1) is 23.7 Å². The highest BCUT2D eigenvalue weighted by Gasteiger charge is 2.34. The van der Waals surface area contributed by atoms with Gasteiger partial charge in [0.15, 0.2) is 11.0 Å². The lowest BCUT2D eigenvalue weighted by molar-refractivity contribution is 0.0664. The van der Waals surface area contributed by atoms with Gasteiger partial charge in [-0.15, -0.1) is 10.2 Å². The maximum absolute atomic E-state index is 12.6. The number of amides is 2. The molecule has 32 heavy (non-hydrogen) atoms. The van der Waals surface area contributed by atoms with Gasteiger partial charge in [-0.25, -0.2) is 0 Å². The second kappa shape index (κ2) is 9.67. The van der Waals surface area contributed by atoms with Gasteiger partial charge in [0.1, 0.15) is 0 Å². The average molecular weight is 450 g/mol. The standard InChI is InChI=1S/C24H27N5O2S/c1-4-20(27(2)3)21-25-26-24(29(21)16-17-10-6-5-7-11-17)32-15-14-28-22(30)18-12-8-9-13-19(18)23(28)31/h5-13,20H,4,14-16H2,1-3H3/t20-/m1/s1. The highest BCUT2D eigenvalue weighted by molar-refractivity contribution is 7.99. The number of rotatable bonds is 9. The molecule has 2 aromatic carbocycles. The second-order valence-corrected chi connectivity index (χ2v) is 9.02. The predicted molar refractivity (Wildman–Crippen MR) is 125 cm³/mol. The van der Waals surface area contributed by atoms with E-state index in [0.717, 1.165) is 17.4 Å². The topological polar surface area (TPSA) is 71.3 Å². The highest BCUT2D eigenvalue weighted by Crippen LogP contribution is 2.27. The van der Waals surface area contributed by atoms with E-state index in [1.165, 1.54) is 22.2 Å². The van der Waals surface area contributed by atoms with Gasteiger partial charge in [0.2, 0.25) is 0 Å². The number of fused-ring (bicyclic) bond motifs is 1. The van der Waals surface area contributed by atoms with Crippen molar-refractivity contribution in [2.24, 2.45) is 0 Å². The monoisotopic (exact) mass is 449 g/mol. The fourth-order valence-electron chi connectivity index (χ4n) is 4.02. The summed E-state index contributed by atoms with van der Waals surface area (Å²) >= 11 is 1.52. The third kappa shape index (κ3) is 4.33. The molecule has 1 aromatic heterocycles. The number of hydrogen-bond acceptors (Lipinski definition) is 6. The molecule has 0 N–H and O–H groups in total.